The van der Waals surface area contributed by atoms with Crippen LogP contribution in [0.25, 0.3) is 0 Å². The van der Waals surface area contributed by atoms with E-state index in [2.05, 4.69) is 45.4 Å². The maximum atomic E-state index is 14.6. The maximum absolute atomic E-state index is 14.6. The number of aliphatic hydroxyl groups excluding tert-OH is 2. The average molecular weight is 1320 g/mol. The van der Waals surface area contributed by atoms with Gasteiger partial charge in [0, 0.05) is 52.0 Å². The first-order valence-electron chi connectivity index (χ1n) is 33.5. The third kappa shape index (κ3) is 36.9. The zero-order chi connectivity index (χ0) is 70.9. The monoisotopic (exact) mass is 1320 g/mol. The summed E-state index contributed by atoms with van der Waals surface area (Å²) in [7, 11) is 1.26. The number of nitrogens with two attached hydrogens (primary N) is 1. The minimum Gasteiger partial charge on any atom is -0.481 e. The number of carbonyl (C=O) groups is 14. The van der Waals surface area contributed by atoms with Gasteiger partial charge in [-0.15, -0.1) is 6.58 Å². The van der Waals surface area contributed by atoms with E-state index in [4.69, 9.17) is 5.73 Å². The van der Waals surface area contributed by atoms with Crippen molar-refractivity contribution in [2.45, 2.75) is 272 Å². The van der Waals surface area contributed by atoms with E-state index in [1.165, 1.54) is 20.0 Å². The van der Waals surface area contributed by atoms with Crippen LogP contribution in [0.1, 0.15) is 229 Å². The van der Waals surface area contributed by atoms with Crippen molar-refractivity contribution < 1.29 is 87.5 Å². The van der Waals surface area contributed by atoms with Gasteiger partial charge < -0.3 is 63.0 Å². The van der Waals surface area contributed by atoms with Crippen LogP contribution in [0.15, 0.2) is 12.7 Å². The van der Waals surface area contributed by atoms with E-state index in [1.807, 2.05) is 20.8 Å². The van der Waals surface area contributed by atoms with Crippen LogP contribution in [0, 0.1) is 35.5 Å². The van der Waals surface area contributed by atoms with Crippen LogP contribution in [0.5, 0.6) is 0 Å². The lowest BCUT2D eigenvalue weighted by Crippen LogP contribution is -2.57. The molecule has 530 valence electrons. The smallest absolute Gasteiger partial charge is 0.305 e. The second kappa shape index (κ2) is 47.8. The van der Waals surface area contributed by atoms with E-state index < -0.39 is 201 Å². The highest BCUT2D eigenvalue weighted by Gasteiger charge is 2.39. The number of unbranched alkanes of at least 4 members (excludes halogenated alkanes) is 10. The zero-order valence-corrected chi connectivity index (χ0v) is 57.1. The molecule has 0 spiro atoms. The molecule has 0 aromatic carbocycles. The SMILES string of the molecule is C=CCC[C@H](NC(=O)[C@@H](CO)CC(=O)[C@H](CC(C)C)NC(=O)[C@@H](CO)CC(=O)[C@H](CCCCCCCC)NC(C)=O)C(=O)N(C)[C@H](CC(C)C)C(=O)N[C@@H](CC(=O)O)C(=O)C[C@H](CCCCCCCC)C(=O)N[C@@H](CC(=O)O)C(=O)CCC(=O)N[C@@H](CC(C)C)C(N)=O. The van der Waals surface area contributed by atoms with Crippen LogP contribution < -0.4 is 37.6 Å². The third-order valence-corrected chi connectivity index (χ3v) is 16.1. The molecule has 0 saturated heterocycles. The Bertz CT molecular complexity index is 2430. The number of aliphatic carboxylic acids is 2. The number of primary amides is 1. The lowest BCUT2D eigenvalue weighted by molar-refractivity contribution is -0.145. The fourth-order valence-electron chi connectivity index (χ4n) is 10.8. The molecule has 8 amide bonds. The lowest BCUT2D eigenvalue weighted by atomic mass is 9.90. The number of nitrogens with one attached hydrogen (secondary N) is 6. The molecule has 0 heterocycles. The van der Waals surface area contributed by atoms with Crippen molar-refractivity contribution in [3.8, 4) is 0 Å². The Morgan fingerprint density at radius 2 is 0.860 bits per heavy atom. The van der Waals surface area contributed by atoms with Crippen LogP contribution in [0.3, 0.4) is 0 Å². The zero-order valence-electron chi connectivity index (χ0n) is 57.1. The molecule has 0 fully saturated rings. The topological polar surface area (TPSA) is 421 Å². The van der Waals surface area contributed by atoms with Gasteiger partial charge in [0.15, 0.2) is 23.1 Å². The van der Waals surface area contributed by atoms with E-state index in [1.54, 1.807) is 27.7 Å². The highest BCUT2D eigenvalue weighted by atomic mass is 16.4. The second-order valence-electron chi connectivity index (χ2n) is 26.0. The Kier molecular flexibility index (Phi) is 44.3. The van der Waals surface area contributed by atoms with Gasteiger partial charge in [-0.3, -0.25) is 67.1 Å². The van der Waals surface area contributed by atoms with Crippen molar-refractivity contribution in [3.05, 3.63) is 12.7 Å². The van der Waals surface area contributed by atoms with Gasteiger partial charge >= 0.3 is 11.9 Å². The third-order valence-electron chi connectivity index (χ3n) is 16.1. The minimum absolute atomic E-state index is 0.0253. The molecular formula is C67H114N8O18. The number of amides is 8. The van der Waals surface area contributed by atoms with Gasteiger partial charge in [0.05, 0.1) is 62.1 Å². The highest BCUT2D eigenvalue weighted by molar-refractivity contribution is 6.00. The number of likely N-dealkylation sites (N-methyl/N-ethyl adjacent to an activating group) is 1. The Morgan fingerprint density at radius 1 is 0.452 bits per heavy atom. The molecule has 0 aliphatic carbocycles. The summed E-state index contributed by atoms with van der Waals surface area (Å²) in [6.45, 7) is 18.1. The summed E-state index contributed by atoms with van der Waals surface area (Å²) >= 11 is 0. The number of allylic oxidation sites excluding steroid dienone is 1. The van der Waals surface area contributed by atoms with Gasteiger partial charge in [-0.05, 0) is 62.7 Å². The molecule has 0 bridgehead atoms. The predicted molar refractivity (Wildman–Crippen MR) is 349 cm³/mol. The first-order chi connectivity index (χ1) is 43.8. The molecule has 10 atom stereocenters. The molecule has 0 aliphatic heterocycles. The van der Waals surface area contributed by atoms with Crippen molar-refractivity contribution in [1.82, 2.24) is 36.8 Å². The molecular weight excluding hydrogens is 1200 g/mol. The molecule has 0 radical (unpaired) electrons. The molecule has 0 aromatic rings. The maximum Gasteiger partial charge on any atom is 0.305 e. The minimum atomic E-state index is -1.79. The number of hydrogen-bond donors (Lipinski definition) is 11. The van der Waals surface area contributed by atoms with E-state index in [9.17, 15) is 87.5 Å². The fraction of sp³-hybridized carbons (Fsp3) is 0.761. The normalized spacial score (nSPS) is 14.6. The van der Waals surface area contributed by atoms with Crippen LogP contribution in [0.4, 0.5) is 0 Å². The van der Waals surface area contributed by atoms with Gasteiger partial charge in [0.2, 0.25) is 47.3 Å². The molecule has 0 unspecified atom stereocenters. The quantitative estimate of drug-likeness (QED) is 0.0286. The van der Waals surface area contributed by atoms with Gasteiger partial charge in [-0.25, -0.2) is 0 Å². The van der Waals surface area contributed by atoms with E-state index in [0.29, 0.717) is 25.7 Å². The van der Waals surface area contributed by atoms with E-state index in [-0.39, 0.29) is 56.3 Å². The van der Waals surface area contributed by atoms with Crippen molar-refractivity contribution >= 4 is 82.3 Å². The van der Waals surface area contributed by atoms with Crippen molar-refractivity contribution in [2.75, 3.05) is 20.3 Å². The van der Waals surface area contributed by atoms with Crippen molar-refractivity contribution in [2.24, 2.45) is 41.2 Å². The molecule has 12 N–H and O–H groups in total. The summed E-state index contributed by atoms with van der Waals surface area (Å²) in [5, 5.41) is 56.0. The number of carboxylic acid groups (broad SMARTS) is 2. The summed E-state index contributed by atoms with van der Waals surface area (Å²) in [5.41, 5.74) is 5.44. The Labute approximate surface area is 550 Å². The summed E-state index contributed by atoms with van der Waals surface area (Å²) in [5.74, 6) is -16.9. The average Bonchev–Trinajstić information content (AvgIpc) is 0.909. The number of carboxylic acids is 2. The number of rotatable bonds is 55. The molecule has 26 nitrogen and oxygen atoms in total. The molecule has 93 heavy (non-hydrogen) atoms. The molecule has 0 aliphatic rings. The van der Waals surface area contributed by atoms with Crippen LogP contribution in [0.2, 0.25) is 0 Å². The van der Waals surface area contributed by atoms with Crippen molar-refractivity contribution in [3.63, 3.8) is 0 Å². The largest absolute Gasteiger partial charge is 0.481 e. The first kappa shape index (κ1) is 86.0. The molecule has 0 aromatic heterocycles. The van der Waals surface area contributed by atoms with E-state index >= 15 is 0 Å². The summed E-state index contributed by atoms with van der Waals surface area (Å²) in [6, 6.07) is -9.46. The Hall–Kier alpha value is -6.96. The summed E-state index contributed by atoms with van der Waals surface area (Å²) < 4.78 is 0. The van der Waals surface area contributed by atoms with Gasteiger partial charge in [-0.2, -0.15) is 0 Å². The van der Waals surface area contributed by atoms with Crippen LogP contribution >= 0.6 is 0 Å². The van der Waals surface area contributed by atoms with Gasteiger partial charge in [0.25, 0.3) is 0 Å². The molecule has 0 saturated carbocycles. The number of hydrogen-bond acceptors (Lipinski definition) is 16. The lowest BCUT2D eigenvalue weighted by Gasteiger charge is -2.33. The number of nitrogens with zero attached hydrogens (tertiary/aromatic N) is 1. The molecule has 26 heteroatoms. The summed E-state index contributed by atoms with van der Waals surface area (Å²) in [4.78, 5) is 189. The predicted octanol–water partition coefficient (Wildman–Crippen LogP) is 4.84. The standard InChI is InChI=1S/C67H114N8O18/c1-12-15-18-20-22-24-26-45(63(89)73-51(37-60(84)85)55(79)29-30-59(83)70-53(62(68)88)32-42(6)7)34-57(81)52(38-61(86)87)74-66(92)54(33-43(8)9)75(11)67(93)49(27-17-14-3)71-64(90)47(40-77)36-58(82)50(31-41(4)5)72-65(91)46(39-76)35-56(80)48(69-44(10)78)28-25-23-21-19-16-13-2/h14,41-43,45-54,76-77H,3,12-13,15-40H2,1-2,4-11H3,(H2,68,88)(H,69,78)(H,70,83)(H,71,90)(H,72,91)(H,73,89)(H,74,92)(H,84,85)(H,86,87)/t45-,46+,47+,48-,49-,50-,51-,52-,53-,54+/m0/s1. The van der Waals surface area contributed by atoms with Crippen molar-refractivity contribution in [1.29, 1.82) is 0 Å². The van der Waals surface area contributed by atoms with Crippen LogP contribution in [-0.4, -0.2) is 170 Å². The van der Waals surface area contributed by atoms with E-state index in [0.717, 1.165) is 62.7 Å². The summed E-state index contributed by atoms with van der Waals surface area (Å²) in [6.07, 6.45) is 7.61. The first-order valence-corrected chi connectivity index (χ1v) is 33.5. The van der Waals surface area contributed by atoms with Crippen LogP contribution in [-0.2, 0) is 67.1 Å². The Balaban J connectivity index is 6.81. The van der Waals surface area contributed by atoms with Gasteiger partial charge in [-0.1, -0.05) is 139 Å². The van der Waals surface area contributed by atoms with Gasteiger partial charge in [0.1, 0.15) is 18.1 Å². The molecule has 0 rings (SSSR count). The highest BCUT2D eigenvalue weighted by Crippen LogP contribution is 2.22. The number of carbonyl (C=O) groups excluding carboxylic acids is 12. The number of ketones is 4. The second-order valence-corrected chi connectivity index (χ2v) is 26.0. The fourth-order valence-corrected chi connectivity index (χ4v) is 10.8. The Morgan fingerprint density at radius 3 is 1.32 bits per heavy atom. The number of aliphatic hydroxyl groups is 2. The number of Topliss-reactive ketones (excluding diaryl/α,β-unsaturated/α-hetero) is 4.